The fourth-order valence-electron chi connectivity index (χ4n) is 4.08. The zero-order valence-corrected chi connectivity index (χ0v) is 16.6. The van der Waals surface area contributed by atoms with E-state index in [1.807, 2.05) is 19.9 Å². The third kappa shape index (κ3) is 4.29. The number of aromatic nitrogens is 4. The molecule has 1 amide bonds. The predicted molar refractivity (Wildman–Crippen MR) is 100 cm³/mol. The summed E-state index contributed by atoms with van der Waals surface area (Å²) in [5.74, 6) is -0.0401. The first-order valence-electron chi connectivity index (χ1n) is 9.58. The molecule has 2 atom stereocenters. The highest BCUT2D eigenvalue weighted by molar-refractivity contribution is 5.94. The van der Waals surface area contributed by atoms with Crippen molar-refractivity contribution < 1.29 is 22.7 Å². The average Bonchev–Trinajstić information content (AvgIpc) is 2.98. The van der Waals surface area contributed by atoms with E-state index in [-0.39, 0.29) is 17.7 Å². The fourth-order valence-corrected chi connectivity index (χ4v) is 4.08. The Morgan fingerprint density at radius 3 is 2.53 bits per heavy atom. The summed E-state index contributed by atoms with van der Waals surface area (Å²) in [4.78, 5) is 33.5. The Balaban J connectivity index is 1.51. The monoisotopic (exact) mass is 422 g/mol. The second-order valence-corrected chi connectivity index (χ2v) is 7.68. The van der Waals surface area contributed by atoms with Crippen LogP contribution in [0.15, 0.2) is 18.5 Å². The molecule has 0 spiro atoms. The van der Waals surface area contributed by atoms with Crippen LogP contribution in [-0.4, -0.2) is 69.2 Å². The molecular weight excluding hydrogens is 401 g/mol. The van der Waals surface area contributed by atoms with E-state index in [1.54, 1.807) is 4.90 Å². The van der Waals surface area contributed by atoms with Crippen LogP contribution in [0.4, 0.5) is 19.1 Å². The third-order valence-electron chi connectivity index (χ3n) is 5.17. The molecule has 2 bridgehead atoms. The number of likely N-dealkylation sites (tertiary alicyclic amines) is 1. The highest BCUT2D eigenvalue weighted by atomic mass is 19.4. The van der Waals surface area contributed by atoms with Gasteiger partial charge < -0.3 is 14.5 Å². The van der Waals surface area contributed by atoms with Crippen molar-refractivity contribution >= 4 is 11.9 Å². The minimum Gasteiger partial charge on any atom is -0.466 e. The molecule has 30 heavy (non-hydrogen) atoms. The van der Waals surface area contributed by atoms with E-state index in [9.17, 15) is 18.0 Å². The molecule has 2 fully saturated rings. The summed E-state index contributed by atoms with van der Waals surface area (Å²) in [5, 5.41) is 0. The van der Waals surface area contributed by atoms with Crippen LogP contribution in [0.1, 0.15) is 28.3 Å². The van der Waals surface area contributed by atoms with Crippen LogP contribution >= 0.6 is 0 Å². The van der Waals surface area contributed by atoms with E-state index in [1.165, 1.54) is 12.4 Å². The van der Waals surface area contributed by atoms with Gasteiger partial charge in [-0.2, -0.15) is 13.2 Å². The lowest BCUT2D eigenvalue weighted by Gasteiger charge is -2.32. The minimum atomic E-state index is -4.53. The normalized spacial score (nSPS) is 21.1. The standard InChI is InChI=1S/C19H21F3N6O2/c1-11-5-12(2)26-18(25-11)28-8-13-6-14(28)9-27(7-13)17(29)15-16(24-4-3-23-15)30-10-19(20,21)22/h3-5,13-14H,6-10H2,1-2H3. The van der Waals surface area contributed by atoms with E-state index < -0.39 is 24.6 Å². The van der Waals surface area contributed by atoms with Crippen molar-refractivity contribution in [1.29, 1.82) is 0 Å². The SMILES string of the molecule is Cc1cc(C)nc(N2CC3CC2CN(C(=O)c2nccnc2OCC(F)(F)F)C3)n1. The Morgan fingerprint density at radius 2 is 1.83 bits per heavy atom. The molecule has 4 rings (SSSR count). The predicted octanol–water partition coefficient (Wildman–Crippen LogP) is 2.18. The molecule has 0 N–H and O–H groups in total. The van der Waals surface area contributed by atoms with E-state index in [0.717, 1.165) is 24.4 Å². The second-order valence-electron chi connectivity index (χ2n) is 7.68. The van der Waals surface area contributed by atoms with Crippen LogP contribution in [0.3, 0.4) is 0 Å². The molecule has 2 aliphatic rings. The molecule has 8 nitrogen and oxygen atoms in total. The van der Waals surface area contributed by atoms with E-state index in [4.69, 9.17) is 4.74 Å². The van der Waals surface area contributed by atoms with Crippen LogP contribution in [-0.2, 0) is 0 Å². The number of hydrogen-bond acceptors (Lipinski definition) is 7. The first kappa shape index (κ1) is 20.3. The zero-order valence-electron chi connectivity index (χ0n) is 16.6. The number of ether oxygens (including phenoxy) is 1. The third-order valence-corrected chi connectivity index (χ3v) is 5.17. The highest BCUT2D eigenvalue weighted by Crippen LogP contribution is 2.33. The molecule has 160 valence electrons. The van der Waals surface area contributed by atoms with Crippen LogP contribution in [0.2, 0.25) is 0 Å². The number of amides is 1. The minimum absolute atomic E-state index is 0.0325. The highest BCUT2D eigenvalue weighted by Gasteiger charge is 2.42. The molecule has 2 aromatic rings. The first-order chi connectivity index (χ1) is 14.2. The van der Waals surface area contributed by atoms with Crippen molar-refractivity contribution in [2.24, 2.45) is 5.92 Å². The maximum atomic E-state index is 13.0. The molecule has 2 unspecified atom stereocenters. The van der Waals surface area contributed by atoms with Gasteiger partial charge in [-0.05, 0) is 32.3 Å². The number of halogens is 3. The molecule has 2 saturated heterocycles. The van der Waals surface area contributed by atoms with E-state index in [2.05, 4.69) is 24.8 Å². The lowest BCUT2D eigenvalue weighted by Crippen LogP contribution is -2.46. The van der Waals surface area contributed by atoms with Crippen LogP contribution < -0.4 is 9.64 Å². The van der Waals surface area contributed by atoms with Gasteiger partial charge in [0.1, 0.15) is 0 Å². The second kappa shape index (κ2) is 7.69. The lowest BCUT2D eigenvalue weighted by molar-refractivity contribution is -0.154. The van der Waals surface area contributed by atoms with Gasteiger partial charge in [-0.25, -0.2) is 19.9 Å². The van der Waals surface area contributed by atoms with Gasteiger partial charge >= 0.3 is 6.18 Å². The van der Waals surface area contributed by atoms with Crippen molar-refractivity contribution in [3.05, 3.63) is 35.5 Å². The number of piperidine rings is 1. The Hall–Kier alpha value is -2.98. The summed E-state index contributed by atoms with van der Waals surface area (Å²) in [6, 6.07) is 1.93. The number of fused-ring (bicyclic) bond motifs is 2. The fraction of sp³-hybridized carbons (Fsp3) is 0.526. The van der Waals surface area contributed by atoms with Gasteiger partial charge in [-0.3, -0.25) is 4.79 Å². The Bertz CT molecular complexity index is 934. The van der Waals surface area contributed by atoms with Gasteiger partial charge in [0, 0.05) is 49.5 Å². The first-order valence-corrected chi connectivity index (χ1v) is 9.58. The topological polar surface area (TPSA) is 84.3 Å². The van der Waals surface area contributed by atoms with E-state index >= 15 is 0 Å². The molecule has 0 radical (unpaired) electrons. The summed E-state index contributed by atoms with van der Waals surface area (Å²) >= 11 is 0. The largest absolute Gasteiger partial charge is 0.466 e. The maximum absolute atomic E-state index is 13.0. The zero-order chi connectivity index (χ0) is 21.5. The number of alkyl halides is 3. The molecule has 11 heteroatoms. The smallest absolute Gasteiger partial charge is 0.422 e. The number of nitrogens with zero attached hydrogens (tertiary/aromatic N) is 6. The molecular formula is C19H21F3N6O2. The van der Waals surface area contributed by atoms with Crippen molar-refractivity contribution in [3.63, 3.8) is 0 Å². The number of rotatable bonds is 4. The molecule has 0 aliphatic carbocycles. The number of carbonyl (C=O) groups excluding carboxylic acids is 1. The number of anilines is 1. The average molecular weight is 422 g/mol. The summed E-state index contributed by atoms with van der Waals surface area (Å²) in [7, 11) is 0. The quantitative estimate of drug-likeness (QED) is 0.747. The lowest BCUT2D eigenvalue weighted by atomic mass is 10.00. The Morgan fingerprint density at radius 1 is 1.13 bits per heavy atom. The molecule has 4 heterocycles. The van der Waals surface area contributed by atoms with Crippen LogP contribution in [0, 0.1) is 19.8 Å². The van der Waals surface area contributed by atoms with Crippen molar-refractivity contribution in [2.45, 2.75) is 32.5 Å². The van der Waals surface area contributed by atoms with Crippen molar-refractivity contribution in [3.8, 4) is 5.88 Å². The van der Waals surface area contributed by atoms with Crippen LogP contribution in [0.5, 0.6) is 5.88 Å². The molecule has 0 saturated carbocycles. The van der Waals surface area contributed by atoms with Gasteiger partial charge in [-0.1, -0.05) is 0 Å². The molecule has 0 aromatic carbocycles. The van der Waals surface area contributed by atoms with Crippen LogP contribution in [0.25, 0.3) is 0 Å². The number of hydrogen-bond donors (Lipinski definition) is 0. The summed E-state index contributed by atoms with van der Waals surface area (Å²) in [6.07, 6.45) is -1.17. The van der Waals surface area contributed by atoms with E-state index in [0.29, 0.717) is 19.0 Å². The molecule has 2 aliphatic heterocycles. The number of carbonyl (C=O) groups is 1. The van der Waals surface area contributed by atoms with Crippen molar-refractivity contribution in [1.82, 2.24) is 24.8 Å². The van der Waals surface area contributed by atoms with Gasteiger partial charge in [0.05, 0.1) is 0 Å². The van der Waals surface area contributed by atoms with Crippen molar-refractivity contribution in [2.75, 3.05) is 31.1 Å². The van der Waals surface area contributed by atoms with Gasteiger partial charge in [-0.15, -0.1) is 0 Å². The summed E-state index contributed by atoms with van der Waals surface area (Å²) in [5.41, 5.74) is 1.54. The Kier molecular flexibility index (Phi) is 5.20. The maximum Gasteiger partial charge on any atom is 0.422 e. The van der Waals surface area contributed by atoms with Gasteiger partial charge in [0.15, 0.2) is 12.3 Å². The van der Waals surface area contributed by atoms with Gasteiger partial charge in [0.2, 0.25) is 11.8 Å². The number of aryl methyl sites for hydroxylation is 2. The molecule has 2 aromatic heterocycles. The van der Waals surface area contributed by atoms with Gasteiger partial charge in [0.25, 0.3) is 5.91 Å². The summed E-state index contributed by atoms with van der Waals surface area (Å²) in [6.45, 7) is 3.89. The Labute approximate surface area is 171 Å². The summed E-state index contributed by atoms with van der Waals surface area (Å²) < 4.78 is 42.3.